The summed E-state index contributed by atoms with van der Waals surface area (Å²) in [6, 6.07) is 10.8. The minimum absolute atomic E-state index is 0.936. The lowest BCUT2D eigenvalue weighted by atomic mass is 10.1. The van der Waals surface area contributed by atoms with E-state index in [1.165, 1.54) is 50.9 Å². The highest BCUT2D eigenvalue weighted by Gasteiger charge is 2.20. The Labute approximate surface area is 113 Å². The molecule has 1 nitrogen and oxygen atoms in total. The molecule has 2 heteroatoms. The van der Waals surface area contributed by atoms with Crippen molar-refractivity contribution in [1.29, 1.82) is 0 Å². The van der Waals surface area contributed by atoms with Gasteiger partial charge in [-0.1, -0.05) is 46.3 Å². The van der Waals surface area contributed by atoms with Crippen molar-refractivity contribution in [3.8, 4) is 0 Å². The SMILES string of the molecule is BrCCC1CCN(CCCc2ccccc2)C1. The minimum Gasteiger partial charge on any atom is -0.303 e. The second-order valence-electron chi connectivity index (χ2n) is 5.02. The van der Waals surface area contributed by atoms with Crippen LogP contribution in [0.2, 0.25) is 0 Å². The molecule has 0 bridgehead atoms. The zero-order chi connectivity index (χ0) is 11.9. The molecule has 1 heterocycles. The molecule has 0 amide bonds. The van der Waals surface area contributed by atoms with E-state index in [1.807, 2.05) is 0 Å². The summed E-state index contributed by atoms with van der Waals surface area (Å²) in [7, 11) is 0. The zero-order valence-electron chi connectivity index (χ0n) is 10.4. The number of halogens is 1. The summed E-state index contributed by atoms with van der Waals surface area (Å²) in [4.78, 5) is 2.64. The average molecular weight is 296 g/mol. The van der Waals surface area contributed by atoms with Gasteiger partial charge in [-0.3, -0.25) is 0 Å². The van der Waals surface area contributed by atoms with Crippen molar-refractivity contribution in [2.45, 2.75) is 25.7 Å². The van der Waals surface area contributed by atoms with Gasteiger partial charge in [0.1, 0.15) is 0 Å². The van der Waals surface area contributed by atoms with Crippen molar-refractivity contribution in [3.63, 3.8) is 0 Å². The standard InChI is InChI=1S/C15H22BrN/c16-10-8-15-9-12-17(13-15)11-4-7-14-5-2-1-3-6-14/h1-3,5-6,15H,4,7-13H2. The lowest BCUT2D eigenvalue weighted by Crippen LogP contribution is -2.22. The van der Waals surface area contributed by atoms with Crippen molar-refractivity contribution in [2.75, 3.05) is 25.0 Å². The second-order valence-corrected chi connectivity index (χ2v) is 5.82. The van der Waals surface area contributed by atoms with Crippen LogP contribution in [0.3, 0.4) is 0 Å². The maximum Gasteiger partial charge on any atom is 0.00344 e. The van der Waals surface area contributed by atoms with E-state index < -0.39 is 0 Å². The Morgan fingerprint density at radius 2 is 2.06 bits per heavy atom. The Morgan fingerprint density at radius 3 is 2.82 bits per heavy atom. The number of hydrogen-bond donors (Lipinski definition) is 0. The number of rotatable bonds is 6. The zero-order valence-corrected chi connectivity index (χ0v) is 12.0. The van der Waals surface area contributed by atoms with Gasteiger partial charge in [0.25, 0.3) is 0 Å². The van der Waals surface area contributed by atoms with Gasteiger partial charge < -0.3 is 4.90 Å². The van der Waals surface area contributed by atoms with Crippen molar-refractivity contribution in [3.05, 3.63) is 35.9 Å². The quantitative estimate of drug-likeness (QED) is 0.723. The molecule has 0 spiro atoms. The minimum atomic E-state index is 0.936. The molecule has 1 atom stereocenters. The number of likely N-dealkylation sites (tertiary alicyclic amines) is 1. The van der Waals surface area contributed by atoms with Crippen LogP contribution in [0, 0.1) is 5.92 Å². The molecular formula is C15H22BrN. The summed E-state index contributed by atoms with van der Waals surface area (Å²) < 4.78 is 0. The van der Waals surface area contributed by atoms with Crippen LogP contribution in [0.1, 0.15) is 24.8 Å². The maximum absolute atomic E-state index is 3.54. The van der Waals surface area contributed by atoms with Gasteiger partial charge in [0.15, 0.2) is 0 Å². The Morgan fingerprint density at radius 1 is 1.24 bits per heavy atom. The van der Waals surface area contributed by atoms with Crippen LogP contribution in [-0.4, -0.2) is 29.9 Å². The Balaban J connectivity index is 1.63. The molecule has 0 aromatic heterocycles. The van der Waals surface area contributed by atoms with Crippen LogP contribution in [-0.2, 0) is 6.42 Å². The highest BCUT2D eigenvalue weighted by molar-refractivity contribution is 9.09. The largest absolute Gasteiger partial charge is 0.303 e. The van der Waals surface area contributed by atoms with Crippen LogP contribution in [0.4, 0.5) is 0 Å². The average Bonchev–Trinajstić information content (AvgIpc) is 2.79. The van der Waals surface area contributed by atoms with E-state index in [2.05, 4.69) is 51.2 Å². The fourth-order valence-corrected chi connectivity index (χ4v) is 3.30. The van der Waals surface area contributed by atoms with E-state index in [0.29, 0.717) is 0 Å². The summed E-state index contributed by atoms with van der Waals surface area (Å²) in [6.45, 7) is 3.90. The molecule has 1 unspecified atom stereocenters. The first-order valence-electron chi connectivity index (χ1n) is 6.70. The number of aryl methyl sites for hydroxylation is 1. The van der Waals surface area contributed by atoms with E-state index >= 15 is 0 Å². The number of alkyl halides is 1. The van der Waals surface area contributed by atoms with Crippen molar-refractivity contribution >= 4 is 15.9 Å². The van der Waals surface area contributed by atoms with Crippen LogP contribution in [0.15, 0.2) is 30.3 Å². The van der Waals surface area contributed by atoms with E-state index in [9.17, 15) is 0 Å². The molecule has 0 radical (unpaired) electrons. The number of hydrogen-bond acceptors (Lipinski definition) is 1. The number of nitrogens with zero attached hydrogens (tertiary/aromatic N) is 1. The van der Waals surface area contributed by atoms with Gasteiger partial charge in [-0.2, -0.15) is 0 Å². The lowest BCUT2D eigenvalue weighted by Gasteiger charge is -2.15. The topological polar surface area (TPSA) is 3.24 Å². The van der Waals surface area contributed by atoms with Crippen LogP contribution in [0.25, 0.3) is 0 Å². The molecular weight excluding hydrogens is 274 g/mol. The van der Waals surface area contributed by atoms with Gasteiger partial charge in [0, 0.05) is 11.9 Å². The third-order valence-electron chi connectivity index (χ3n) is 3.67. The van der Waals surface area contributed by atoms with Gasteiger partial charge in [-0.25, -0.2) is 0 Å². The van der Waals surface area contributed by atoms with Crippen LogP contribution >= 0.6 is 15.9 Å². The molecule has 17 heavy (non-hydrogen) atoms. The molecule has 0 saturated carbocycles. The molecule has 1 fully saturated rings. The van der Waals surface area contributed by atoms with Crippen molar-refractivity contribution < 1.29 is 0 Å². The maximum atomic E-state index is 3.54. The lowest BCUT2D eigenvalue weighted by molar-refractivity contribution is 0.319. The van der Waals surface area contributed by atoms with Gasteiger partial charge in [0.2, 0.25) is 0 Å². The monoisotopic (exact) mass is 295 g/mol. The molecule has 2 rings (SSSR count). The summed E-state index contributed by atoms with van der Waals surface area (Å²) in [5, 5.41) is 1.16. The fourth-order valence-electron chi connectivity index (χ4n) is 2.66. The summed E-state index contributed by atoms with van der Waals surface area (Å²) in [5.74, 6) is 0.936. The molecule has 1 saturated heterocycles. The third kappa shape index (κ3) is 4.44. The van der Waals surface area contributed by atoms with Gasteiger partial charge in [0.05, 0.1) is 0 Å². The molecule has 1 aliphatic heterocycles. The fraction of sp³-hybridized carbons (Fsp3) is 0.600. The van der Waals surface area contributed by atoms with Gasteiger partial charge in [-0.15, -0.1) is 0 Å². The molecule has 0 aliphatic carbocycles. The van der Waals surface area contributed by atoms with E-state index in [0.717, 1.165) is 11.2 Å². The van der Waals surface area contributed by atoms with Crippen molar-refractivity contribution in [1.82, 2.24) is 4.90 Å². The van der Waals surface area contributed by atoms with E-state index in [-0.39, 0.29) is 0 Å². The predicted octanol–water partition coefficient (Wildman–Crippen LogP) is 3.73. The first-order chi connectivity index (χ1) is 8.38. The molecule has 1 aliphatic rings. The summed E-state index contributed by atoms with van der Waals surface area (Å²) in [6.07, 6.45) is 5.26. The molecule has 94 valence electrons. The first-order valence-corrected chi connectivity index (χ1v) is 7.83. The van der Waals surface area contributed by atoms with Crippen molar-refractivity contribution in [2.24, 2.45) is 5.92 Å². The van der Waals surface area contributed by atoms with Crippen LogP contribution in [0.5, 0.6) is 0 Å². The predicted molar refractivity (Wildman–Crippen MR) is 77.7 cm³/mol. The first kappa shape index (κ1) is 13.1. The van der Waals surface area contributed by atoms with Gasteiger partial charge in [-0.05, 0) is 50.3 Å². The third-order valence-corrected chi connectivity index (χ3v) is 4.13. The Bertz CT molecular complexity index is 312. The summed E-state index contributed by atoms with van der Waals surface area (Å²) >= 11 is 3.54. The van der Waals surface area contributed by atoms with Crippen LogP contribution < -0.4 is 0 Å². The molecule has 0 N–H and O–H groups in total. The highest BCUT2D eigenvalue weighted by atomic mass is 79.9. The molecule has 1 aromatic rings. The summed E-state index contributed by atoms with van der Waals surface area (Å²) in [5.41, 5.74) is 1.48. The van der Waals surface area contributed by atoms with E-state index in [1.54, 1.807) is 0 Å². The highest BCUT2D eigenvalue weighted by Crippen LogP contribution is 2.20. The second kappa shape index (κ2) is 7.17. The van der Waals surface area contributed by atoms with E-state index in [4.69, 9.17) is 0 Å². The number of benzene rings is 1. The normalized spacial score (nSPS) is 20.9. The Hall–Kier alpha value is -0.340. The molecule has 1 aromatic carbocycles. The Kier molecular flexibility index (Phi) is 5.53. The smallest absolute Gasteiger partial charge is 0.00344 e. The van der Waals surface area contributed by atoms with Gasteiger partial charge >= 0.3 is 0 Å².